The van der Waals surface area contributed by atoms with Gasteiger partial charge in [-0.05, 0) is 36.8 Å². The molecule has 0 atom stereocenters. The van der Waals surface area contributed by atoms with Gasteiger partial charge in [0.05, 0.1) is 6.20 Å². The van der Waals surface area contributed by atoms with E-state index in [1.165, 1.54) is 6.39 Å². The van der Waals surface area contributed by atoms with Gasteiger partial charge in [-0.3, -0.25) is 9.59 Å². The van der Waals surface area contributed by atoms with Gasteiger partial charge < -0.3 is 14.6 Å². The molecular formula is C20H17N3O3. The van der Waals surface area contributed by atoms with E-state index in [-0.39, 0.29) is 11.8 Å². The second-order valence-electron chi connectivity index (χ2n) is 6.10. The summed E-state index contributed by atoms with van der Waals surface area (Å²) in [6.45, 7) is 0.698. The molecule has 1 aliphatic rings. The number of hydrogen-bond donors (Lipinski definition) is 1. The van der Waals surface area contributed by atoms with E-state index in [0.717, 1.165) is 17.7 Å². The van der Waals surface area contributed by atoms with Crippen LogP contribution in [0.1, 0.15) is 23.2 Å². The number of hydrogen-bond acceptors (Lipinski definition) is 4. The summed E-state index contributed by atoms with van der Waals surface area (Å²) in [5, 5.41) is 2.89. The fraction of sp³-hybridized carbons (Fsp3) is 0.150. The SMILES string of the molecule is O=C(Nc1cccc(-c2cnco2)c1)c1cccc(N2CCCC2=O)c1. The summed E-state index contributed by atoms with van der Waals surface area (Å²) in [4.78, 5) is 30.1. The number of aromatic nitrogens is 1. The molecule has 1 saturated heterocycles. The molecule has 130 valence electrons. The maximum absolute atomic E-state index is 12.6. The molecule has 26 heavy (non-hydrogen) atoms. The lowest BCUT2D eigenvalue weighted by molar-refractivity contribution is -0.117. The second-order valence-corrected chi connectivity index (χ2v) is 6.10. The Bertz CT molecular complexity index is 950. The molecule has 4 rings (SSSR count). The van der Waals surface area contributed by atoms with Gasteiger partial charge in [0.1, 0.15) is 0 Å². The van der Waals surface area contributed by atoms with Crippen LogP contribution in [0.25, 0.3) is 11.3 Å². The molecule has 0 radical (unpaired) electrons. The molecule has 1 aromatic heterocycles. The fourth-order valence-electron chi connectivity index (χ4n) is 3.05. The number of carbonyl (C=O) groups excluding carboxylic acids is 2. The van der Waals surface area contributed by atoms with E-state index in [4.69, 9.17) is 4.42 Å². The van der Waals surface area contributed by atoms with Crippen molar-refractivity contribution in [3.63, 3.8) is 0 Å². The van der Waals surface area contributed by atoms with Crippen LogP contribution < -0.4 is 10.2 Å². The Kier molecular flexibility index (Phi) is 4.23. The lowest BCUT2D eigenvalue weighted by atomic mass is 10.1. The number of amides is 2. The lowest BCUT2D eigenvalue weighted by Gasteiger charge is -2.16. The average molecular weight is 347 g/mol. The Morgan fingerprint density at radius 2 is 2.04 bits per heavy atom. The molecule has 0 spiro atoms. The van der Waals surface area contributed by atoms with E-state index in [9.17, 15) is 9.59 Å². The molecule has 1 N–H and O–H groups in total. The third-order valence-electron chi connectivity index (χ3n) is 4.33. The van der Waals surface area contributed by atoms with Crippen LogP contribution in [-0.4, -0.2) is 23.3 Å². The zero-order chi connectivity index (χ0) is 17.9. The van der Waals surface area contributed by atoms with E-state index >= 15 is 0 Å². The van der Waals surface area contributed by atoms with E-state index in [2.05, 4.69) is 10.3 Å². The van der Waals surface area contributed by atoms with Crippen molar-refractivity contribution in [2.24, 2.45) is 0 Å². The first kappa shape index (κ1) is 16.1. The van der Waals surface area contributed by atoms with E-state index < -0.39 is 0 Å². The maximum Gasteiger partial charge on any atom is 0.255 e. The molecule has 0 bridgehead atoms. The van der Waals surface area contributed by atoms with Gasteiger partial charge in [-0.25, -0.2) is 4.98 Å². The van der Waals surface area contributed by atoms with Crippen molar-refractivity contribution < 1.29 is 14.0 Å². The van der Waals surface area contributed by atoms with E-state index in [0.29, 0.717) is 30.0 Å². The van der Waals surface area contributed by atoms with Crippen LogP contribution in [0.5, 0.6) is 0 Å². The highest BCUT2D eigenvalue weighted by Gasteiger charge is 2.22. The van der Waals surface area contributed by atoms with Gasteiger partial charge in [0, 0.05) is 35.5 Å². The van der Waals surface area contributed by atoms with Crippen molar-refractivity contribution >= 4 is 23.2 Å². The molecule has 6 heteroatoms. The Labute approximate surface area is 150 Å². The predicted molar refractivity (Wildman–Crippen MR) is 97.9 cm³/mol. The van der Waals surface area contributed by atoms with E-state index in [1.54, 1.807) is 29.3 Å². The molecule has 1 aliphatic heterocycles. The van der Waals surface area contributed by atoms with Gasteiger partial charge in [-0.1, -0.05) is 18.2 Å². The Morgan fingerprint density at radius 3 is 2.81 bits per heavy atom. The molecule has 6 nitrogen and oxygen atoms in total. The summed E-state index contributed by atoms with van der Waals surface area (Å²) in [5.41, 5.74) is 2.76. The molecule has 3 aromatic rings. The summed E-state index contributed by atoms with van der Waals surface area (Å²) in [5.74, 6) is 0.506. The third kappa shape index (κ3) is 3.21. The molecule has 0 aliphatic carbocycles. The van der Waals surface area contributed by atoms with Gasteiger partial charge in [-0.15, -0.1) is 0 Å². The van der Waals surface area contributed by atoms with Gasteiger partial charge in [0.2, 0.25) is 5.91 Å². The van der Waals surface area contributed by atoms with Crippen molar-refractivity contribution in [3.8, 4) is 11.3 Å². The topological polar surface area (TPSA) is 75.4 Å². The van der Waals surface area contributed by atoms with E-state index in [1.807, 2.05) is 30.3 Å². The molecule has 2 heterocycles. The highest BCUT2D eigenvalue weighted by atomic mass is 16.3. The normalized spacial score (nSPS) is 13.8. The van der Waals surface area contributed by atoms with Crippen LogP contribution in [0.2, 0.25) is 0 Å². The molecule has 2 aromatic carbocycles. The molecule has 1 fully saturated rings. The van der Waals surface area contributed by atoms with Gasteiger partial charge in [0.25, 0.3) is 5.91 Å². The zero-order valence-electron chi connectivity index (χ0n) is 14.0. The highest BCUT2D eigenvalue weighted by Crippen LogP contribution is 2.24. The third-order valence-corrected chi connectivity index (χ3v) is 4.33. The summed E-state index contributed by atoms with van der Waals surface area (Å²) in [6.07, 6.45) is 4.40. The minimum Gasteiger partial charge on any atom is -0.444 e. The van der Waals surface area contributed by atoms with Crippen LogP contribution in [0.15, 0.2) is 65.5 Å². The first-order chi connectivity index (χ1) is 12.7. The van der Waals surface area contributed by atoms with Crippen LogP contribution in [0.4, 0.5) is 11.4 Å². The number of carbonyl (C=O) groups is 2. The molecule has 0 saturated carbocycles. The predicted octanol–water partition coefficient (Wildman–Crippen LogP) is 3.72. The largest absolute Gasteiger partial charge is 0.444 e. The van der Waals surface area contributed by atoms with Crippen molar-refractivity contribution in [1.82, 2.24) is 4.98 Å². The molecule has 0 unspecified atom stereocenters. The van der Waals surface area contributed by atoms with Gasteiger partial charge in [-0.2, -0.15) is 0 Å². The molecule has 2 amide bonds. The van der Waals surface area contributed by atoms with Gasteiger partial charge in [0.15, 0.2) is 12.2 Å². The summed E-state index contributed by atoms with van der Waals surface area (Å²) >= 11 is 0. The Balaban J connectivity index is 1.54. The van der Waals surface area contributed by atoms with Crippen LogP contribution in [-0.2, 0) is 4.79 Å². The maximum atomic E-state index is 12.6. The van der Waals surface area contributed by atoms with Crippen LogP contribution in [0, 0.1) is 0 Å². The molecular weight excluding hydrogens is 330 g/mol. The number of benzene rings is 2. The van der Waals surface area contributed by atoms with Crippen molar-refractivity contribution in [1.29, 1.82) is 0 Å². The Morgan fingerprint density at radius 1 is 1.15 bits per heavy atom. The van der Waals surface area contributed by atoms with Crippen molar-refractivity contribution in [3.05, 3.63) is 66.7 Å². The highest BCUT2D eigenvalue weighted by molar-refractivity contribution is 6.06. The number of anilines is 2. The first-order valence-electron chi connectivity index (χ1n) is 8.41. The minimum atomic E-state index is -0.229. The quantitative estimate of drug-likeness (QED) is 0.780. The number of nitrogens with zero attached hydrogens (tertiary/aromatic N) is 2. The standard InChI is InChI=1S/C20H17N3O3/c24-19-8-3-9-23(19)17-7-2-5-15(11-17)20(25)22-16-6-1-4-14(10-16)18-12-21-13-26-18/h1-2,4-7,10-13H,3,8-9H2,(H,22,25). The lowest BCUT2D eigenvalue weighted by Crippen LogP contribution is -2.24. The van der Waals surface area contributed by atoms with Crippen LogP contribution >= 0.6 is 0 Å². The minimum absolute atomic E-state index is 0.0994. The monoisotopic (exact) mass is 347 g/mol. The second kappa shape index (κ2) is 6.84. The number of oxazole rings is 1. The zero-order valence-corrected chi connectivity index (χ0v) is 14.0. The summed E-state index contributed by atoms with van der Waals surface area (Å²) in [6, 6.07) is 14.5. The van der Waals surface area contributed by atoms with Crippen molar-refractivity contribution in [2.45, 2.75) is 12.8 Å². The first-order valence-corrected chi connectivity index (χ1v) is 8.41. The fourth-order valence-corrected chi connectivity index (χ4v) is 3.05. The Hall–Kier alpha value is -3.41. The van der Waals surface area contributed by atoms with Crippen LogP contribution in [0.3, 0.4) is 0 Å². The smallest absolute Gasteiger partial charge is 0.255 e. The summed E-state index contributed by atoms with van der Waals surface area (Å²) < 4.78 is 5.29. The average Bonchev–Trinajstić information content (AvgIpc) is 3.34. The van der Waals surface area contributed by atoms with Gasteiger partial charge >= 0.3 is 0 Å². The van der Waals surface area contributed by atoms with Crippen molar-refractivity contribution in [2.75, 3.05) is 16.8 Å². The summed E-state index contributed by atoms with van der Waals surface area (Å²) in [7, 11) is 0. The number of nitrogens with one attached hydrogen (secondary N) is 1. The number of rotatable bonds is 4.